The van der Waals surface area contributed by atoms with Crippen LogP contribution in [0, 0.1) is 0 Å². The van der Waals surface area contributed by atoms with Gasteiger partial charge in [0, 0.05) is 10.0 Å². The zero-order chi connectivity index (χ0) is 17.9. The summed E-state index contributed by atoms with van der Waals surface area (Å²) in [5.74, 6) is 0. The van der Waals surface area contributed by atoms with E-state index in [1.54, 1.807) is 42.5 Å². The Kier molecular flexibility index (Phi) is 5.33. The molecule has 0 saturated heterocycles. The van der Waals surface area contributed by atoms with Gasteiger partial charge >= 0.3 is 0 Å². The van der Waals surface area contributed by atoms with Crippen LogP contribution in [0.25, 0.3) is 0 Å². The second-order valence-corrected chi connectivity index (χ2v) is 8.10. The fraction of sp³-hybridized carbons (Fsp3) is 0.0526. The lowest BCUT2D eigenvalue weighted by Gasteiger charge is -2.25. The van der Waals surface area contributed by atoms with Crippen molar-refractivity contribution in [2.24, 2.45) is 0 Å². The number of hydrogen-bond donors (Lipinski definition) is 0. The zero-order valence-electron chi connectivity index (χ0n) is 13.1. The van der Waals surface area contributed by atoms with Gasteiger partial charge in [0.1, 0.15) is 0 Å². The standard InChI is InChI=1S/C19H15Cl2NO2S/c20-16-10-12-18(13-11-16)25(23,24)22(17-7-2-1-3-8-17)14-15-6-4-5-9-19(15)21/h1-13H,14H2. The molecule has 3 nitrogen and oxygen atoms in total. The highest BCUT2D eigenvalue weighted by Crippen LogP contribution is 2.28. The van der Waals surface area contributed by atoms with Crippen LogP contribution in [0.4, 0.5) is 5.69 Å². The van der Waals surface area contributed by atoms with E-state index in [1.165, 1.54) is 16.4 Å². The molecular formula is C19H15Cl2NO2S. The topological polar surface area (TPSA) is 37.4 Å². The minimum absolute atomic E-state index is 0.134. The van der Waals surface area contributed by atoms with Gasteiger partial charge in [0.05, 0.1) is 17.1 Å². The van der Waals surface area contributed by atoms with Crippen LogP contribution in [0.3, 0.4) is 0 Å². The summed E-state index contributed by atoms with van der Waals surface area (Å²) in [6, 6.07) is 22.3. The van der Waals surface area contributed by atoms with Crippen LogP contribution in [0.2, 0.25) is 10.0 Å². The summed E-state index contributed by atoms with van der Waals surface area (Å²) in [6.45, 7) is 0.134. The average molecular weight is 392 g/mol. The van der Waals surface area contributed by atoms with E-state index >= 15 is 0 Å². The Labute approximate surface area is 157 Å². The molecule has 0 aliphatic rings. The third-order valence-electron chi connectivity index (χ3n) is 3.72. The molecule has 0 unspecified atom stereocenters. The van der Waals surface area contributed by atoms with Crippen molar-refractivity contribution in [3.8, 4) is 0 Å². The molecule has 0 bridgehead atoms. The van der Waals surface area contributed by atoms with E-state index in [0.29, 0.717) is 15.7 Å². The molecule has 0 saturated carbocycles. The number of anilines is 1. The summed E-state index contributed by atoms with van der Waals surface area (Å²) in [6.07, 6.45) is 0. The Morgan fingerprint density at radius 3 is 2.00 bits per heavy atom. The molecule has 25 heavy (non-hydrogen) atoms. The monoisotopic (exact) mass is 391 g/mol. The van der Waals surface area contributed by atoms with Gasteiger partial charge in [0.15, 0.2) is 0 Å². The van der Waals surface area contributed by atoms with Gasteiger partial charge < -0.3 is 0 Å². The molecule has 3 aromatic rings. The molecule has 0 amide bonds. The normalized spacial score (nSPS) is 11.3. The molecule has 0 aliphatic carbocycles. The van der Waals surface area contributed by atoms with E-state index in [-0.39, 0.29) is 11.4 Å². The molecule has 0 spiro atoms. The predicted molar refractivity (Wildman–Crippen MR) is 103 cm³/mol. The molecule has 128 valence electrons. The quantitative estimate of drug-likeness (QED) is 0.584. The van der Waals surface area contributed by atoms with Gasteiger partial charge in [-0.2, -0.15) is 0 Å². The van der Waals surface area contributed by atoms with Gasteiger partial charge in [-0.25, -0.2) is 8.42 Å². The second-order valence-electron chi connectivity index (χ2n) is 5.39. The third-order valence-corrected chi connectivity index (χ3v) is 6.13. The lowest BCUT2D eigenvalue weighted by Crippen LogP contribution is -2.30. The summed E-state index contributed by atoms with van der Waals surface area (Å²) < 4.78 is 27.7. The molecule has 3 rings (SSSR count). The highest BCUT2D eigenvalue weighted by atomic mass is 35.5. The lowest BCUT2D eigenvalue weighted by molar-refractivity contribution is 0.590. The van der Waals surface area contributed by atoms with Crippen LogP contribution in [-0.2, 0) is 16.6 Å². The minimum Gasteiger partial charge on any atom is -0.262 e. The maximum Gasteiger partial charge on any atom is 0.264 e. The molecule has 0 heterocycles. The Morgan fingerprint density at radius 2 is 1.36 bits per heavy atom. The van der Waals surface area contributed by atoms with Crippen LogP contribution < -0.4 is 4.31 Å². The molecule has 3 aromatic carbocycles. The third kappa shape index (κ3) is 3.98. The number of halogens is 2. The van der Waals surface area contributed by atoms with E-state index in [1.807, 2.05) is 24.3 Å². The molecule has 0 fully saturated rings. The van der Waals surface area contributed by atoms with Crippen LogP contribution in [0.1, 0.15) is 5.56 Å². The van der Waals surface area contributed by atoms with Crippen molar-refractivity contribution in [3.63, 3.8) is 0 Å². The van der Waals surface area contributed by atoms with E-state index in [4.69, 9.17) is 23.2 Å². The SMILES string of the molecule is O=S(=O)(c1ccc(Cl)cc1)N(Cc1ccccc1Cl)c1ccccc1. The molecule has 6 heteroatoms. The van der Waals surface area contributed by atoms with Crippen molar-refractivity contribution >= 4 is 38.9 Å². The first kappa shape index (κ1) is 17.8. The Bertz CT molecular complexity index is 958. The first-order valence-electron chi connectivity index (χ1n) is 7.55. The van der Waals surface area contributed by atoms with Gasteiger partial charge in [-0.05, 0) is 48.0 Å². The molecule has 0 N–H and O–H groups in total. The number of nitrogens with zero attached hydrogens (tertiary/aromatic N) is 1. The molecule has 0 aliphatic heterocycles. The van der Waals surface area contributed by atoms with E-state index in [2.05, 4.69) is 0 Å². The summed E-state index contributed by atoms with van der Waals surface area (Å²) in [7, 11) is -3.77. The van der Waals surface area contributed by atoms with Crippen molar-refractivity contribution in [2.75, 3.05) is 4.31 Å². The van der Waals surface area contributed by atoms with Crippen LogP contribution >= 0.6 is 23.2 Å². The maximum absolute atomic E-state index is 13.2. The minimum atomic E-state index is -3.77. The predicted octanol–water partition coefficient (Wildman–Crippen LogP) is 5.39. The largest absolute Gasteiger partial charge is 0.264 e. The van der Waals surface area contributed by atoms with Crippen molar-refractivity contribution in [1.29, 1.82) is 0 Å². The van der Waals surface area contributed by atoms with Crippen LogP contribution in [0.15, 0.2) is 83.8 Å². The smallest absolute Gasteiger partial charge is 0.262 e. The van der Waals surface area contributed by atoms with Crippen LogP contribution in [-0.4, -0.2) is 8.42 Å². The number of para-hydroxylation sites is 1. The van der Waals surface area contributed by atoms with E-state index < -0.39 is 10.0 Å². The van der Waals surface area contributed by atoms with E-state index in [0.717, 1.165) is 5.56 Å². The Balaban J connectivity index is 2.08. The average Bonchev–Trinajstić information content (AvgIpc) is 2.62. The first-order valence-corrected chi connectivity index (χ1v) is 9.75. The van der Waals surface area contributed by atoms with Crippen molar-refractivity contribution in [3.05, 3.63) is 94.5 Å². The molecule has 0 radical (unpaired) electrons. The van der Waals surface area contributed by atoms with Gasteiger partial charge in [-0.3, -0.25) is 4.31 Å². The summed E-state index contributed by atoms with van der Waals surface area (Å²) in [5.41, 5.74) is 1.29. The van der Waals surface area contributed by atoms with Crippen molar-refractivity contribution in [1.82, 2.24) is 0 Å². The molecule has 0 aromatic heterocycles. The number of benzene rings is 3. The fourth-order valence-corrected chi connectivity index (χ4v) is 4.19. The van der Waals surface area contributed by atoms with E-state index in [9.17, 15) is 8.42 Å². The Morgan fingerprint density at radius 1 is 0.760 bits per heavy atom. The lowest BCUT2D eigenvalue weighted by atomic mass is 10.2. The highest BCUT2D eigenvalue weighted by molar-refractivity contribution is 7.92. The fourth-order valence-electron chi connectivity index (χ4n) is 2.42. The van der Waals surface area contributed by atoms with Crippen molar-refractivity contribution in [2.45, 2.75) is 11.4 Å². The van der Waals surface area contributed by atoms with Gasteiger partial charge in [-0.15, -0.1) is 0 Å². The maximum atomic E-state index is 13.2. The van der Waals surface area contributed by atoms with Gasteiger partial charge in [0.2, 0.25) is 0 Å². The van der Waals surface area contributed by atoms with Gasteiger partial charge in [0.25, 0.3) is 10.0 Å². The first-order chi connectivity index (χ1) is 12.0. The second kappa shape index (κ2) is 7.48. The highest BCUT2D eigenvalue weighted by Gasteiger charge is 2.25. The zero-order valence-corrected chi connectivity index (χ0v) is 15.5. The van der Waals surface area contributed by atoms with Crippen LogP contribution in [0.5, 0.6) is 0 Å². The Hall–Kier alpha value is -2.01. The summed E-state index contributed by atoms with van der Waals surface area (Å²) >= 11 is 12.1. The summed E-state index contributed by atoms with van der Waals surface area (Å²) in [4.78, 5) is 0.174. The van der Waals surface area contributed by atoms with Gasteiger partial charge in [-0.1, -0.05) is 59.6 Å². The van der Waals surface area contributed by atoms with Crippen molar-refractivity contribution < 1.29 is 8.42 Å². The molecule has 0 atom stereocenters. The summed E-state index contributed by atoms with van der Waals surface area (Å²) in [5, 5.41) is 1.01. The number of sulfonamides is 1. The number of rotatable bonds is 5. The molecular weight excluding hydrogens is 377 g/mol. The number of hydrogen-bond acceptors (Lipinski definition) is 2.